The van der Waals surface area contributed by atoms with Crippen molar-refractivity contribution in [3.63, 3.8) is 0 Å². The van der Waals surface area contributed by atoms with Crippen molar-refractivity contribution in [3.05, 3.63) is 94.0 Å². The highest BCUT2D eigenvalue weighted by molar-refractivity contribution is 6.39. The van der Waals surface area contributed by atoms with Crippen molar-refractivity contribution in [1.29, 1.82) is 0 Å². The molecule has 4 aromatic rings. The van der Waals surface area contributed by atoms with Gasteiger partial charge in [-0.2, -0.15) is 5.10 Å². The van der Waals surface area contributed by atoms with Gasteiger partial charge in [-0.25, -0.2) is 9.48 Å². The van der Waals surface area contributed by atoms with E-state index in [1.165, 1.54) is 4.90 Å². The van der Waals surface area contributed by atoms with Crippen LogP contribution in [-0.4, -0.2) is 39.7 Å². The monoisotopic (exact) mass is 563 g/mol. The van der Waals surface area contributed by atoms with Gasteiger partial charge in [0.1, 0.15) is 12.4 Å². The maximum atomic E-state index is 13.3. The van der Waals surface area contributed by atoms with Crippen LogP contribution in [0, 0.1) is 19.8 Å². The third kappa shape index (κ3) is 6.99. The largest absolute Gasteiger partial charge is 0.322 e. The SMILES string of the molecule is Cc1ccc(-n2nc(-c3ccccc3)cc2NC(=O)CN(CC(C)C)C(=O)Nc2c(Cl)cccc2Cl)c(C)c1. The number of carbonyl (C=O) groups is 2. The van der Waals surface area contributed by atoms with Crippen LogP contribution < -0.4 is 10.6 Å². The number of hydrogen-bond acceptors (Lipinski definition) is 3. The van der Waals surface area contributed by atoms with E-state index in [0.29, 0.717) is 28.1 Å². The molecule has 0 aliphatic rings. The average Bonchev–Trinajstić information content (AvgIpc) is 3.29. The zero-order valence-electron chi connectivity index (χ0n) is 22.3. The summed E-state index contributed by atoms with van der Waals surface area (Å²) in [5, 5.41) is 11.2. The van der Waals surface area contributed by atoms with Gasteiger partial charge in [-0.05, 0) is 43.5 Å². The van der Waals surface area contributed by atoms with Gasteiger partial charge in [-0.15, -0.1) is 0 Å². The molecule has 1 aromatic heterocycles. The van der Waals surface area contributed by atoms with Crippen LogP contribution >= 0.6 is 23.2 Å². The molecule has 0 aliphatic heterocycles. The van der Waals surface area contributed by atoms with Gasteiger partial charge in [0.05, 0.1) is 27.1 Å². The zero-order chi connectivity index (χ0) is 28.1. The number of anilines is 2. The molecule has 0 radical (unpaired) electrons. The third-order valence-corrected chi connectivity index (χ3v) is 6.66. The molecule has 9 heteroatoms. The van der Waals surface area contributed by atoms with Gasteiger partial charge >= 0.3 is 6.03 Å². The van der Waals surface area contributed by atoms with Crippen molar-refractivity contribution < 1.29 is 9.59 Å². The Hall–Kier alpha value is -3.81. The topological polar surface area (TPSA) is 79.3 Å². The fourth-order valence-electron chi connectivity index (χ4n) is 4.27. The Morgan fingerprint density at radius 2 is 1.62 bits per heavy atom. The van der Waals surface area contributed by atoms with E-state index in [4.69, 9.17) is 28.3 Å². The lowest BCUT2D eigenvalue weighted by molar-refractivity contribution is -0.116. The molecule has 1 heterocycles. The Labute approximate surface area is 238 Å². The molecule has 0 saturated heterocycles. The molecule has 3 aromatic carbocycles. The summed E-state index contributed by atoms with van der Waals surface area (Å²) in [5.41, 5.74) is 4.95. The van der Waals surface area contributed by atoms with Crippen LogP contribution in [0.15, 0.2) is 72.8 Å². The smallest absolute Gasteiger partial charge is 0.315 e. The summed E-state index contributed by atoms with van der Waals surface area (Å²) in [6.07, 6.45) is 0. The number of aromatic nitrogens is 2. The van der Waals surface area contributed by atoms with Crippen LogP contribution in [0.1, 0.15) is 25.0 Å². The van der Waals surface area contributed by atoms with Crippen LogP contribution in [0.2, 0.25) is 10.0 Å². The highest BCUT2D eigenvalue weighted by Crippen LogP contribution is 2.30. The second-order valence-corrected chi connectivity index (χ2v) is 10.6. The van der Waals surface area contributed by atoms with E-state index >= 15 is 0 Å². The summed E-state index contributed by atoms with van der Waals surface area (Å²) < 4.78 is 1.73. The maximum Gasteiger partial charge on any atom is 0.322 e. The first-order chi connectivity index (χ1) is 18.6. The molecule has 3 amide bonds. The molecule has 0 saturated carbocycles. The highest BCUT2D eigenvalue weighted by Gasteiger charge is 2.22. The molecular formula is C30H31Cl2N5O2. The molecule has 39 heavy (non-hydrogen) atoms. The van der Waals surface area contributed by atoms with Crippen molar-refractivity contribution in [2.45, 2.75) is 27.7 Å². The summed E-state index contributed by atoms with van der Waals surface area (Å²) in [5.74, 6) is 0.266. The van der Waals surface area contributed by atoms with Gasteiger partial charge in [0.2, 0.25) is 5.91 Å². The van der Waals surface area contributed by atoms with Crippen molar-refractivity contribution in [1.82, 2.24) is 14.7 Å². The number of para-hydroxylation sites is 1. The van der Waals surface area contributed by atoms with E-state index in [1.807, 2.05) is 76.2 Å². The minimum atomic E-state index is -0.471. The molecule has 0 bridgehead atoms. The highest BCUT2D eigenvalue weighted by atomic mass is 35.5. The molecule has 0 atom stereocenters. The van der Waals surface area contributed by atoms with Crippen LogP contribution in [0.5, 0.6) is 0 Å². The Morgan fingerprint density at radius 1 is 0.923 bits per heavy atom. The van der Waals surface area contributed by atoms with E-state index in [-0.39, 0.29) is 18.4 Å². The Kier molecular flexibility index (Phi) is 8.94. The molecule has 0 spiro atoms. The number of nitrogens with one attached hydrogen (secondary N) is 2. The third-order valence-electron chi connectivity index (χ3n) is 6.03. The van der Waals surface area contributed by atoms with Crippen LogP contribution in [0.3, 0.4) is 0 Å². The normalized spacial score (nSPS) is 10.9. The molecule has 2 N–H and O–H groups in total. The summed E-state index contributed by atoms with van der Waals surface area (Å²) in [6, 6.07) is 22.2. The van der Waals surface area contributed by atoms with Crippen molar-refractivity contribution in [3.8, 4) is 16.9 Å². The van der Waals surface area contributed by atoms with Crippen LogP contribution in [0.25, 0.3) is 16.9 Å². The van der Waals surface area contributed by atoms with Crippen LogP contribution in [0.4, 0.5) is 16.3 Å². The average molecular weight is 565 g/mol. The van der Waals surface area contributed by atoms with E-state index in [2.05, 4.69) is 16.7 Å². The maximum absolute atomic E-state index is 13.3. The molecule has 202 valence electrons. The summed E-state index contributed by atoms with van der Waals surface area (Å²) in [4.78, 5) is 28.0. The minimum Gasteiger partial charge on any atom is -0.315 e. The molecular weight excluding hydrogens is 533 g/mol. The molecule has 0 aliphatic carbocycles. The Balaban J connectivity index is 1.61. The van der Waals surface area contributed by atoms with Gasteiger partial charge in [0.25, 0.3) is 0 Å². The Morgan fingerprint density at radius 3 is 2.26 bits per heavy atom. The minimum absolute atomic E-state index is 0.121. The molecule has 0 fully saturated rings. The second kappa shape index (κ2) is 12.4. The van der Waals surface area contributed by atoms with Gasteiger partial charge in [0, 0.05) is 18.2 Å². The number of aryl methyl sites for hydroxylation is 2. The van der Waals surface area contributed by atoms with Crippen molar-refractivity contribution in [2.75, 3.05) is 23.7 Å². The fourth-order valence-corrected chi connectivity index (χ4v) is 4.76. The second-order valence-electron chi connectivity index (χ2n) is 9.83. The number of halogens is 2. The van der Waals surface area contributed by atoms with Gasteiger partial charge < -0.3 is 15.5 Å². The zero-order valence-corrected chi connectivity index (χ0v) is 23.8. The Bertz CT molecular complexity index is 1460. The first-order valence-corrected chi connectivity index (χ1v) is 13.4. The molecule has 0 unspecified atom stereocenters. The van der Waals surface area contributed by atoms with Crippen molar-refractivity contribution >= 4 is 46.6 Å². The number of nitrogens with zero attached hydrogens (tertiary/aromatic N) is 3. The van der Waals surface area contributed by atoms with E-state index in [0.717, 1.165) is 28.1 Å². The van der Waals surface area contributed by atoms with Crippen LogP contribution in [-0.2, 0) is 4.79 Å². The number of rotatable bonds is 8. The number of benzene rings is 3. The summed E-state index contributed by atoms with van der Waals surface area (Å²) in [7, 11) is 0. The lowest BCUT2D eigenvalue weighted by Gasteiger charge is -2.25. The predicted molar refractivity (Wildman–Crippen MR) is 159 cm³/mol. The van der Waals surface area contributed by atoms with E-state index in [1.54, 1.807) is 22.9 Å². The fraction of sp³-hybridized carbons (Fsp3) is 0.233. The predicted octanol–water partition coefficient (Wildman–Crippen LogP) is 7.59. The summed E-state index contributed by atoms with van der Waals surface area (Å²) >= 11 is 12.5. The quantitative estimate of drug-likeness (QED) is 0.231. The van der Waals surface area contributed by atoms with Gasteiger partial charge in [0.15, 0.2) is 0 Å². The van der Waals surface area contributed by atoms with Crippen molar-refractivity contribution in [2.24, 2.45) is 5.92 Å². The first kappa shape index (κ1) is 28.2. The lowest BCUT2D eigenvalue weighted by Crippen LogP contribution is -2.42. The van der Waals surface area contributed by atoms with Gasteiger partial charge in [-0.1, -0.05) is 91.1 Å². The summed E-state index contributed by atoms with van der Waals surface area (Å²) in [6.45, 7) is 8.16. The first-order valence-electron chi connectivity index (χ1n) is 12.6. The number of amides is 3. The molecule has 4 rings (SSSR count). The standard InChI is InChI=1S/C30H31Cl2N5O2/c1-19(2)17-36(30(39)34-29-23(31)11-8-12-24(29)32)18-28(38)33-27-16-25(22-9-6-5-7-10-22)35-37(27)26-14-13-20(3)15-21(26)4/h5-16,19H,17-18H2,1-4H3,(H,33,38)(H,34,39). The number of urea groups is 1. The molecule has 7 nitrogen and oxygen atoms in total. The number of carbonyl (C=O) groups excluding carboxylic acids is 2. The number of hydrogen-bond donors (Lipinski definition) is 2. The lowest BCUT2D eigenvalue weighted by atomic mass is 10.1. The van der Waals surface area contributed by atoms with E-state index < -0.39 is 6.03 Å². The van der Waals surface area contributed by atoms with E-state index in [9.17, 15) is 9.59 Å². The van der Waals surface area contributed by atoms with Gasteiger partial charge in [-0.3, -0.25) is 4.79 Å².